The Morgan fingerprint density at radius 1 is 0.857 bits per heavy atom. The molecule has 3 rings (SSSR count). The molecule has 2 aliphatic heterocycles. The third-order valence-electron chi connectivity index (χ3n) is 5.44. The molecule has 2 heterocycles. The van der Waals surface area contributed by atoms with Gasteiger partial charge in [-0.3, -0.25) is 4.90 Å². The van der Waals surface area contributed by atoms with Crippen LogP contribution in [0.3, 0.4) is 0 Å². The first kappa shape index (κ1) is 9.21. The van der Waals surface area contributed by atoms with Gasteiger partial charge in [-0.1, -0.05) is 13.8 Å². The Labute approximate surface area is 87.9 Å². The Hall–Kier alpha value is -0.0400. The normalized spacial score (nSPS) is 53.1. The predicted octanol–water partition coefficient (Wildman–Crippen LogP) is 2.76. The predicted molar refractivity (Wildman–Crippen MR) is 59.1 cm³/mol. The van der Waals surface area contributed by atoms with E-state index in [1.54, 1.807) is 0 Å². The summed E-state index contributed by atoms with van der Waals surface area (Å²) in [5, 5.41) is 0. The van der Waals surface area contributed by atoms with Crippen LogP contribution in [-0.4, -0.2) is 24.0 Å². The van der Waals surface area contributed by atoms with E-state index < -0.39 is 0 Å². The van der Waals surface area contributed by atoms with Gasteiger partial charge in [-0.2, -0.15) is 0 Å². The van der Waals surface area contributed by atoms with E-state index in [0.717, 1.165) is 29.7 Å². The Morgan fingerprint density at radius 2 is 1.36 bits per heavy atom. The second kappa shape index (κ2) is 3.23. The Morgan fingerprint density at radius 3 is 1.86 bits per heavy atom. The Bertz CT molecular complexity index is 203. The molecular weight excluding hydrogens is 170 g/mol. The second-order valence-electron chi connectivity index (χ2n) is 5.86. The highest BCUT2D eigenvalue weighted by Gasteiger charge is 2.50. The largest absolute Gasteiger partial charge is 0.300 e. The molecule has 1 aliphatic carbocycles. The molecule has 1 saturated carbocycles. The summed E-state index contributed by atoms with van der Waals surface area (Å²) in [4.78, 5) is 2.82. The molecule has 3 unspecified atom stereocenters. The highest BCUT2D eigenvalue weighted by molar-refractivity contribution is 5.02. The van der Waals surface area contributed by atoms with Gasteiger partial charge in [-0.05, 0) is 62.4 Å². The molecule has 0 bridgehead atoms. The van der Waals surface area contributed by atoms with Gasteiger partial charge in [0.25, 0.3) is 0 Å². The SMILES string of the molecule is CC1C2CCCN3CCC[C@@H](C1C)[C@@H]23. The van der Waals surface area contributed by atoms with Gasteiger partial charge in [0.05, 0.1) is 0 Å². The van der Waals surface area contributed by atoms with Gasteiger partial charge in [0.15, 0.2) is 0 Å². The van der Waals surface area contributed by atoms with Crippen LogP contribution >= 0.6 is 0 Å². The Balaban J connectivity index is 1.90. The number of nitrogens with zero attached hydrogens (tertiary/aromatic N) is 1. The fraction of sp³-hybridized carbons (Fsp3) is 1.00. The molecule has 0 aromatic rings. The summed E-state index contributed by atoms with van der Waals surface area (Å²) in [5.74, 6) is 4.07. The zero-order valence-corrected chi connectivity index (χ0v) is 9.58. The molecule has 0 aromatic carbocycles. The summed E-state index contributed by atoms with van der Waals surface area (Å²) in [6.45, 7) is 7.82. The van der Waals surface area contributed by atoms with Crippen LogP contribution in [-0.2, 0) is 0 Å². The summed E-state index contributed by atoms with van der Waals surface area (Å²) < 4.78 is 0. The van der Waals surface area contributed by atoms with Crippen molar-refractivity contribution in [3.8, 4) is 0 Å². The van der Waals surface area contributed by atoms with Crippen LogP contribution in [0.25, 0.3) is 0 Å². The van der Waals surface area contributed by atoms with E-state index in [0.29, 0.717) is 0 Å². The maximum atomic E-state index is 2.82. The van der Waals surface area contributed by atoms with E-state index in [4.69, 9.17) is 0 Å². The zero-order chi connectivity index (χ0) is 9.71. The van der Waals surface area contributed by atoms with E-state index in [9.17, 15) is 0 Å². The summed E-state index contributed by atoms with van der Waals surface area (Å²) >= 11 is 0. The van der Waals surface area contributed by atoms with Crippen molar-refractivity contribution in [3.63, 3.8) is 0 Å². The van der Waals surface area contributed by atoms with E-state index in [2.05, 4.69) is 18.7 Å². The van der Waals surface area contributed by atoms with Crippen molar-refractivity contribution in [2.24, 2.45) is 23.7 Å². The number of hydrogen-bond acceptors (Lipinski definition) is 1. The molecule has 80 valence electrons. The minimum absolute atomic E-state index is 0.988. The molecular formula is C13H23N. The minimum atomic E-state index is 0.988. The van der Waals surface area contributed by atoms with Gasteiger partial charge in [0.1, 0.15) is 0 Å². The van der Waals surface area contributed by atoms with E-state index in [1.165, 1.54) is 38.8 Å². The summed E-state index contributed by atoms with van der Waals surface area (Å²) in [7, 11) is 0. The third kappa shape index (κ3) is 1.11. The molecule has 1 nitrogen and oxygen atoms in total. The summed E-state index contributed by atoms with van der Waals surface area (Å²) in [6, 6.07) is 0.988. The molecule has 0 N–H and O–H groups in total. The number of rotatable bonds is 0. The van der Waals surface area contributed by atoms with Crippen molar-refractivity contribution < 1.29 is 0 Å². The van der Waals surface area contributed by atoms with Gasteiger partial charge < -0.3 is 0 Å². The highest BCUT2D eigenvalue weighted by Crippen LogP contribution is 2.51. The van der Waals surface area contributed by atoms with Crippen LogP contribution in [0.4, 0.5) is 0 Å². The molecule has 5 atom stereocenters. The van der Waals surface area contributed by atoms with Crippen molar-refractivity contribution in [2.45, 2.75) is 45.6 Å². The maximum Gasteiger partial charge on any atom is 0.0157 e. The molecule has 2 saturated heterocycles. The summed E-state index contributed by atoms with van der Waals surface area (Å²) in [5.41, 5.74) is 0. The van der Waals surface area contributed by atoms with Crippen LogP contribution in [0.2, 0.25) is 0 Å². The summed E-state index contributed by atoms with van der Waals surface area (Å²) in [6.07, 6.45) is 5.96. The van der Waals surface area contributed by atoms with Crippen molar-refractivity contribution in [1.82, 2.24) is 4.90 Å². The first-order valence-corrected chi connectivity index (χ1v) is 6.53. The molecule has 0 radical (unpaired) electrons. The van der Waals surface area contributed by atoms with Gasteiger partial charge in [0.2, 0.25) is 0 Å². The quantitative estimate of drug-likeness (QED) is 0.572. The van der Waals surface area contributed by atoms with Gasteiger partial charge >= 0.3 is 0 Å². The molecule has 3 fully saturated rings. The average Bonchev–Trinajstić information content (AvgIpc) is 2.47. The third-order valence-corrected chi connectivity index (χ3v) is 5.44. The Kier molecular flexibility index (Phi) is 2.12. The van der Waals surface area contributed by atoms with Crippen LogP contribution in [0.5, 0.6) is 0 Å². The fourth-order valence-corrected chi connectivity index (χ4v) is 4.60. The van der Waals surface area contributed by atoms with Crippen LogP contribution in [0, 0.1) is 23.7 Å². The van der Waals surface area contributed by atoms with Crippen molar-refractivity contribution in [1.29, 1.82) is 0 Å². The lowest BCUT2D eigenvalue weighted by Gasteiger charge is -2.44. The minimum Gasteiger partial charge on any atom is -0.300 e. The van der Waals surface area contributed by atoms with Crippen molar-refractivity contribution in [3.05, 3.63) is 0 Å². The van der Waals surface area contributed by atoms with Crippen molar-refractivity contribution >= 4 is 0 Å². The topological polar surface area (TPSA) is 3.24 Å². The lowest BCUT2D eigenvalue weighted by Crippen LogP contribution is -2.49. The van der Waals surface area contributed by atoms with Crippen LogP contribution in [0.1, 0.15) is 39.5 Å². The van der Waals surface area contributed by atoms with Crippen LogP contribution in [0.15, 0.2) is 0 Å². The molecule has 14 heavy (non-hydrogen) atoms. The molecule has 1 heteroatoms. The second-order valence-corrected chi connectivity index (χ2v) is 5.86. The molecule has 0 aromatic heterocycles. The highest BCUT2D eigenvalue weighted by atomic mass is 15.2. The fourth-order valence-electron chi connectivity index (χ4n) is 4.60. The van der Waals surface area contributed by atoms with Gasteiger partial charge in [-0.15, -0.1) is 0 Å². The molecule has 3 aliphatic rings. The maximum absolute atomic E-state index is 2.82. The number of piperidine rings is 2. The van der Waals surface area contributed by atoms with Crippen molar-refractivity contribution in [2.75, 3.05) is 13.1 Å². The number of hydrogen-bond donors (Lipinski definition) is 0. The molecule has 0 spiro atoms. The van der Waals surface area contributed by atoms with Gasteiger partial charge in [0, 0.05) is 6.04 Å². The zero-order valence-electron chi connectivity index (χ0n) is 9.58. The lowest BCUT2D eigenvalue weighted by atomic mass is 9.82. The van der Waals surface area contributed by atoms with Gasteiger partial charge in [-0.25, -0.2) is 0 Å². The first-order chi connectivity index (χ1) is 6.79. The van der Waals surface area contributed by atoms with E-state index >= 15 is 0 Å². The molecule has 0 amide bonds. The van der Waals surface area contributed by atoms with E-state index in [-0.39, 0.29) is 0 Å². The standard InChI is InChI=1S/C13H23N/c1-9-10(2)12-6-4-8-14-7-3-5-11(9)13(12)14/h9-13H,3-8H2,1-2H3/t9?,10?,11-,12?,13-/m0/s1. The average molecular weight is 193 g/mol. The first-order valence-electron chi connectivity index (χ1n) is 6.53. The van der Waals surface area contributed by atoms with Crippen LogP contribution < -0.4 is 0 Å². The monoisotopic (exact) mass is 193 g/mol. The lowest BCUT2D eigenvalue weighted by molar-refractivity contribution is 0.0434. The van der Waals surface area contributed by atoms with E-state index in [1.807, 2.05) is 0 Å². The smallest absolute Gasteiger partial charge is 0.0157 e.